The summed E-state index contributed by atoms with van der Waals surface area (Å²) in [4.78, 5) is 32.7. The number of halogens is 1. The number of thiazole rings is 1. The number of carbonyl (C=O) groups excluding carboxylic acids is 2. The molecule has 3 aliphatic rings. The molecule has 2 aromatic rings. The first-order valence-corrected chi connectivity index (χ1v) is 10.8. The number of hydrogen-bond donors (Lipinski definition) is 0. The van der Waals surface area contributed by atoms with Gasteiger partial charge in [0, 0.05) is 11.6 Å². The smallest absolute Gasteiger partial charge is 0.296 e. The van der Waals surface area contributed by atoms with Crippen molar-refractivity contribution in [3.63, 3.8) is 0 Å². The molecular formula is C22H21FN2O3S. The molecule has 0 N–H and O–H groups in total. The van der Waals surface area contributed by atoms with Crippen LogP contribution in [0.15, 0.2) is 47.2 Å². The molecule has 1 aliphatic carbocycles. The summed E-state index contributed by atoms with van der Waals surface area (Å²) in [5.41, 5.74) is 0.893. The average Bonchev–Trinajstić information content (AvgIpc) is 3.30. The van der Waals surface area contributed by atoms with Gasteiger partial charge in [-0.3, -0.25) is 14.5 Å². The minimum absolute atomic E-state index is 0.0448. The van der Waals surface area contributed by atoms with Crippen LogP contribution in [0, 0.1) is 23.6 Å². The molecule has 5 unspecified atom stereocenters. The van der Waals surface area contributed by atoms with Gasteiger partial charge in [-0.15, -0.1) is 11.3 Å². The Kier molecular flexibility index (Phi) is 4.31. The van der Waals surface area contributed by atoms with E-state index < -0.39 is 11.9 Å². The number of hydrogen-bond acceptors (Lipinski definition) is 5. The Morgan fingerprint density at radius 2 is 2.00 bits per heavy atom. The van der Waals surface area contributed by atoms with E-state index in [-0.39, 0.29) is 29.5 Å². The van der Waals surface area contributed by atoms with E-state index >= 15 is 0 Å². The van der Waals surface area contributed by atoms with E-state index in [9.17, 15) is 14.0 Å². The highest BCUT2D eigenvalue weighted by Gasteiger charge is 2.54. The van der Waals surface area contributed by atoms with Crippen LogP contribution in [-0.4, -0.2) is 22.8 Å². The highest BCUT2D eigenvalue weighted by atomic mass is 32.1. The maximum Gasteiger partial charge on any atom is 0.296 e. The van der Waals surface area contributed by atoms with E-state index in [1.54, 1.807) is 23.7 Å². The topological polar surface area (TPSA) is 59.5 Å². The molecule has 1 saturated carbocycles. The molecule has 0 radical (unpaired) electrons. The molecule has 150 valence electrons. The fraction of sp³-hybridized carbons (Fsp3) is 0.409. The largest absolute Gasteiger partial charge is 0.483 e. The van der Waals surface area contributed by atoms with Gasteiger partial charge in [0.2, 0.25) is 0 Å². The molecule has 1 aromatic carbocycles. The number of ether oxygens (including phenoxy) is 1. The van der Waals surface area contributed by atoms with Crippen LogP contribution in [-0.2, 0) is 14.3 Å². The van der Waals surface area contributed by atoms with Crippen LogP contribution in [0.3, 0.4) is 0 Å². The van der Waals surface area contributed by atoms with Gasteiger partial charge in [0.15, 0.2) is 16.7 Å². The molecule has 0 spiro atoms. The lowest BCUT2D eigenvalue weighted by molar-refractivity contribution is -0.134. The second kappa shape index (κ2) is 6.76. The van der Waals surface area contributed by atoms with Gasteiger partial charge in [-0.05, 0) is 42.4 Å². The molecule has 7 heteroatoms. The number of nitrogens with zero attached hydrogens (tertiary/aromatic N) is 2. The molecular weight excluding hydrogens is 391 g/mol. The average molecular weight is 412 g/mol. The summed E-state index contributed by atoms with van der Waals surface area (Å²) in [6, 6.07) is 5.34. The second-order valence-corrected chi connectivity index (χ2v) is 9.12. The van der Waals surface area contributed by atoms with E-state index in [0.29, 0.717) is 28.1 Å². The molecule has 1 aromatic heterocycles. The van der Waals surface area contributed by atoms with E-state index in [1.807, 2.05) is 0 Å². The van der Waals surface area contributed by atoms with Crippen molar-refractivity contribution in [3.05, 3.63) is 58.6 Å². The third kappa shape index (κ3) is 2.82. The molecule has 0 bridgehead atoms. The normalized spacial score (nSPS) is 31.6. The fourth-order valence-electron chi connectivity index (χ4n) is 4.79. The van der Waals surface area contributed by atoms with Crippen LogP contribution in [0.5, 0.6) is 0 Å². The van der Waals surface area contributed by atoms with Gasteiger partial charge >= 0.3 is 0 Å². The monoisotopic (exact) mass is 412 g/mol. The van der Waals surface area contributed by atoms with Crippen molar-refractivity contribution >= 4 is 28.2 Å². The lowest BCUT2D eigenvalue weighted by atomic mass is 9.70. The van der Waals surface area contributed by atoms with E-state index in [0.717, 1.165) is 12.8 Å². The van der Waals surface area contributed by atoms with Gasteiger partial charge in [-0.2, -0.15) is 0 Å². The quantitative estimate of drug-likeness (QED) is 0.739. The van der Waals surface area contributed by atoms with Gasteiger partial charge in [0.05, 0.1) is 17.5 Å². The minimum atomic E-state index is -0.720. The molecule has 3 heterocycles. The number of carbonyl (C=O) groups is 2. The van der Waals surface area contributed by atoms with Crippen LogP contribution >= 0.6 is 11.3 Å². The molecule has 1 fully saturated rings. The van der Waals surface area contributed by atoms with E-state index in [2.05, 4.69) is 18.8 Å². The van der Waals surface area contributed by atoms with Crippen LogP contribution in [0.2, 0.25) is 0 Å². The summed E-state index contributed by atoms with van der Waals surface area (Å²) in [7, 11) is 0. The Labute approximate surface area is 172 Å². The number of rotatable bonds is 2. The van der Waals surface area contributed by atoms with Crippen LogP contribution in [0.1, 0.15) is 38.3 Å². The first-order valence-electron chi connectivity index (χ1n) is 9.89. The third-order valence-corrected chi connectivity index (χ3v) is 7.27. The lowest BCUT2D eigenvalue weighted by Gasteiger charge is -2.40. The fourth-order valence-corrected chi connectivity index (χ4v) is 5.45. The maximum absolute atomic E-state index is 14.0. The van der Waals surface area contributed by atoms with Crippen LogP contribution in [0.25, 0.3) is 0 Å². The first-order chi connectivity index (χ1) is 14.0. The number of anilines is 1. The van der Waals surface area contributed by atoms with Crippen molar-refractivity contribution in [2.75, 3.05) is 4.90 Å². The first kappa shape index (κ1) is 18.5. The zero-order valence-electron chi connectivity index (χ0n) is 16.2. The van der Waals surface area contributed by atoms with Crippen LogP contribution < -0.4 is 4.90 Å². The number of benzene rings is 1. The van der Waals surface area contributed by atoms with Crippen molar-refractivity contribution < 1.29 is 18.7 Å². The summed E-state index contributed by atoms with van der Waals surface area (Å²) in [5.74, 6) is -0.144. The number of Topliss-reactive ketones (excluding diaryl/α,β-unsaturated/α-hetero) is 1. The Hall–Kier alpha value is -2.54. The Morgan fingerprint density at radius 3 is 2.72 bits per heavy atom. The van der Waals surface area contributed by atoms with Gasteiger partial charge in [-0.1, -0.05) is 26.0 Å². The second-order valence-electron chi connectivity index (χ2n) is 8.24. The molecule has 2 aliphatic heterocycles. The molecule has 29 heavy (non-hydrogen) atoms. The van der Waals surface area contributed by atoms with Crippen molar-refractivity contribution in [1.29, 1.82) is 0 Å². The molecule has 5 rings (SSSR count). The highest BCUT2D eigenvalue weighted by Crippen LogP contribution is 2.49. The number of aromatic nitrogens is 1. The molecule has 1 amide bonds. The molecule has 5 nitrogen and oxygen atoms in total. The van der Waals surface area contributed by atoms with Gasteiger partial charge in [0.25, 0.3) is 5.91 Å². The van der Waals surface area contributed by atoms with Crippen LogP contribution in [0.4, 0.5) is 9.52 Å². The van der Waals surface area contributed by atoms with Crippen molar-refractivity contribution in [2.45, 2.75) is 38.8 Å². The molecule has 0 saturated heterocycles. The zero-order valence-corrected chi connectivity index (χ0v) is 17.0. The van der Waals surface area contributed by atoms with Crippen molar-refractivity contribution in [2.24, 2.45) is 17.8 Å². The Bertz CT molecular complexity index is 1020. The van der Waals surface area contributed by atoms with E-state index in [4.69, 9.17) is 4.74 Å². The predicted octanol–water partition coefficient (Wildman–Crippen LogP) is 4.27. The highest BCUT2D eigenvalue weighted by molar-refractivity contribution is 7.13. The summed E-state index contributed by atoms with van der Waals surface area (Å²) in [6.45, 7) is 4.32. The van der Waals surface area contributed by atoms with Gasteiger partial charge < -0.3 is 4.74 Å². The Morgan fingerprint density at radius 1 is 1.21 bits per heavy atom. The minimum Gasteiger partial charge on any atom is -0.483 e. The predicted molar refractivity (Wildman–Crippen MR) is 107 cm³/mol. The zero-order chi connectivity index (χ0) is 20.3. The summed E-state index contributed by atoms with van der Waals surface area (Å²) < 4.78 is 20.2. The van der Waals surface area contributed by atoms with Gasteiger partial charge in [-0.25, -0.2) is 9.37 Å². The lowest BCUT2D eigenvalue weighted by Crippen LogP contribution is -2.43. The Balaban J connectivity index is 1.64. The SMILES string of the molecule is CC1CC2OC3=C(C(=O)C2CC1C)C(c1cccc(F)c1)N(c1nccs1)C3=O. The summed E-state index contributed by atoms with van der Waals surface area (Å²) >= 11 is 1.31. The summed E-state index contributed by atoms with van der Waals surface area (Å²) in [5, 5.41) is 2.24. The standard InChI is InChI=1S/C22H21FN2O3S/c1-11-8-15-16(9-12(11)2)28-20-17(19(15)26)18(13-4-3-5-14(23)10-13)25(21(20)27)22-24-6-7-29-22/h3-7,10-12,15-16,18H,8-9H2,1-2H3. The van der Waals surface area contributed by atoms with Crippen molar-refractivity contribution in [1.82, 2.24) is 4.98 Å². The molecule has 5 atom stereocenters. The number of fused-ring (bicyclic) bond motifs is 1. The number of amides is 1. The van der Waals surface area contributed by atoms with Gasteiger partial charge in [0.1, 0.15) is 11.9 Å². The van der Waals surface area contributed by atoms with E-state index in [1.165, 1.54) is 28.4 Å². The van der Waals surface area contributed by atoms with Crippen molar-refractivity contribution in [3.8, 4) is 0 Å². The maximum atomic E-state index is 14.0. The third-order valence-electron chi connectivity index (χ3n) is 6.50. The summed E-state index contributed by atoms with van der Waals surface area (Å²) in [6.07, 6.45) is 2.83. The number of ketones is 1.